The lowest BCUT2D eigenvalue weighted by molar-refractivity contribution is -0.131. The van der Waals surface area contributed by atoms with E-state index in [2.05, 4.69) is 33.0 Å². The van der Waals surface area contributed by atoms with Gasteiger partial charge in [0.25, 0.3) is 5.91 Å². The second kappa shape index (κ2) is 10.9. The van der Waals surface area contributed by atoms with Gasteiger partial charge in [0.2, 0.25) is 5.91 Å². The first kappa shape index (κ1) is 24.1. The molecule has 0 atom stereocenters. The third-order valence-corrected chi connectivity index (χ3v) is 6.20. The summed E-state index contributed by atoms with van der Waals surface area (Å²) in [5.41, 5.74) is 8.64. The molecule has 1 aliphatic heterocycles. The predicted octanol–water partition coefficient (Wildman–Crippen LogP) is 4.19. The van der Waals surface area contributed by atoms with E-state index in [0.29, 0.717) is 36.0 Å². The van der Waals surface area contributed by atoms with Crippen molar-refractivity contribution in [3.05, 3.63) is 77.2 Å². The Kier molecular flexibility index (Phi) is 7.54. The molecule has 182 valence electrons. The van der Waals surface area contributed by atoms with E-state index in [1.54, 1.807) is 18.2 Å². The quantitative estimate of drug-likeness (QED) is 0.449. The molecule has 0 bridgehead atoms. The fourth-order valence-corrected chi connectivity index (χ4v) is 4.29. The summed E-state index contributed by atoms with van der Waals surface area (Å²) < 4.78 is 13.5. The highest BCUT2D eigenvalue weighted by Gasteiger charge is 2.23. The average molecular weight is 477 g/mol. The van der Waals surface area contributed by atoms with Crippen molar-refractivity contribution >= 4 is 29.0 Å². The number of nitrogens with two attached hydrogens (primary N) is 1. The first-order chi connectivity index (χ1) is 16.9. The van der Waals surface area contributed by atoms with Crippen LogP contribution in [-0.4, -0.2) is 40.0 Å². The molecule has 4 rings (SSSR count). The van der Waals surface area contributed by atoms with E-state index in [9.17, 15) is 14.0 Å². The third kappa shape index (κ3) is 6.11. The van der Waals surface area contributed by atoms with Crippen LogP contribution in [0.3, 0.4) is 0 Å². The van der Waals surface area contributed by atoms with E-state index in [1.807, 2.05) is 24.0 Å². The van der Waals surface area contributed by atoms with E-state index >= 15 is 0 Å². The number of hydrogen-bond acceptors (Lipinski definition) is 6. The van der Waals surface area contributed by atoms with Gasteiger partial charge in [-0.2, -0.15) is 0 Å². The molecule has 2 heterocycles. The van der Waals surface area contributed by atoms with Gasteiger partial charge in [0, 0.05) is 37.8 Å². The minimum Gasteiger partial charge on any atom is -0.379 e. The summed E-state index contributed by atoms with van der Waals surface area (Å²) in [6.45, 7) is 3.78. The van der Waals surface area contributed by atoms with Gasteiger partial charge in [0.1, 0.15) is 5.82 Å². The molecule has 1 aromatic heterocycles. The van der Waals surface area contributed by atoms with Crippen LogP contribution in [-0.2, 0) is 11.3 Å². The largest absolute Gasteiger partial charge is 0.379 e. The molecule has 9 heteroatoms. The van der Waals surface area contributed by atoms with Crippen molar-refractivity contribution < 1.29 is 14.0 Å². The van der Waals surface area contributed by atoms with Crippen LogP contribution in [0.15, 0.2) is 54.6 Å². The van der Waals surface area contributed by atoms with Gasteiger partial charge in [-0.25, -0.2) is 4.39 Å². The molecule has 2 aromatic carbocycles. The lowest BCUT2D eigenvalue weighted by Gasteiger charge is -2.32. The Labute approximate surface area is 203 Å². The summed E-state index contributed by atoms with van der Waals surface area (Å²) >= 11 is 0. The predicted molar refractivity (Wildman–Crippen MR) is 133 cm³/mol. The number of nitrogens with zero attached hydrogens (tertiary/aromatic N) is 3. The van der Waals surface area contributed by atoms with Gasteiger partial charge in [-0.3, -0.25) is 9.59 Å². The summed E-state index contributed by atoms with van der Waals surface area (Å²) in [5, 5.41) is 14.3. The molecule has 4 N–H and O–H groups in total. The average Bonchev–Trinajstić information content (AvgIpc) is 2.87. The van der Waals surface area contributed by atoms with Crippen LogP contribution in [0, 0.1) is 5.82 Å². The minimum absolute atomic E-state index is 0.00944. The SMILES string of the molecule is CCC(=O)N1CCC(c2ccc(Nc3cc(NCc4cccc(F)c4)c(C(N)=O)nn3)cc2)CC1. The van der Waals surface area contributed by atoms with Crippen LogP contribution in [0.2, 0.25) is 0 Å². The molecule has 0 radical (unpaired) electrons. The number of primary amides is 1. The van der Waals surface area contributed by atoms with Crippen molar-refractivity contribution in [3.8, 4) is 0 Å². The molecular formula is C26H29FN6O2. The van der Waals surface area contributed by atoms with Crippen LogP contribution < -0.4 is 16.4 Å². The van der Waals surface area contributed by atoms with E-state index < -0.39 is 5.91 Å². The third-order valence-electron chi connectivity index (χ3n) is 6.20. The lowest BCUT2D eigenvalue weighted by Crippen LogP contribution is -2.37. The van der Waals surface area contributed by atoms with Crippen molar-refractivity contribution in [2.24, 2.45) is 5.73 Å². The summed E-state index contributed by atoms with van der Waals surface area (Å²) in [6.07, 6.45) is 2.47. The lowest BCUT2D eigenvalue weighted by atomic mass is 9.89. The zero-order valence-corrected chi connectivity index (χ0v) is 19.6. The number of carbonyl (C=O) groups is 2. The summed E-state index contributed by atoms with van der Waals surface area (Å²) in [4.78, 5) is 25.6. The van der Waals surface area contributed by atoms with Gasteiger partial charge in [0.15, 0.2) is 11.5 Å². The highest BCUT2D eigenvalue weighted by Crippen LogP contribution is 2.30. The number of benzene rings is 2. The Morgan fingerprint density at radius 1 is 1.09 bits per heavy atom. The van der Waals surface area contributed by atoms with E-state index in [4.69, 9.17) is 5.73 Å². The minimum atomic E-state index is -0.707. The molecule has 35 heavy (non-hydrogen) atoms. The summed E-state index contributed by atoms with van der Waals surface area (Å²) in [6, 6.07) is 16.0. The number of rotatable bonds is 8. The number of carbonyl (C=O) groups excluding carboxylic acids is 2. The Bertz CT molecular complexity index is 1190. The van der Waals surface area contributed by atoms with Crippen molar-refractivity contribution in [1.29, 1.82) is 0 Å². The van der Waals surface area contributed by atoms with Gasteiger partial charge < -0.3 is 21.3 Å². The van der Waals surface area contributed by atoms with Gasteiger partial charge in [0.05, 0.1) is 5.69 Å². The fourth-order valence-electron chi connectivity index (χ4n) is 4.29. The maximum absolute atomic E-state index is 13.5. The molecule has 0 spiro atoms. The van der Waals surface area contributed by atoms with Gasteiger partial charge in [-0.15, -0.1) is 10.2 Å². The zero-order valence-electron chi connectivity index (χ0n) is 19.6. The fraction of sp³-hybridized carbons (Fsp3) is 0.308. The zero-order chi connectivity index (χ0) is 24.8. The Balaban J connectivity index is 1.41. The van der Waals surface area contributed by atoms with Crippen LogP contribution in [0.5, 0.6) is 0 Å². The second-order valence-electron chi connectivity index (χ2n) is 8.60. The number of anilines is 3. The molecule has 1 aliphatic rings. The van der Waals surface area contributed by atoms with E-state index in [-0.39, 0.29) is 17.4 Å². The summed E-state index contributed by atoms with van der Waals surface area (Å²) in [5.74, 6) is 0.0465. The number of aromatic nitrogens is 2. The van der Waals surface area contributed by atoms with Crippen LogP contribution in [0.25, 0.3) is 0 Å². The number of hydrogen-bond donors (Lipinski definition) is 3. The van der Waals surface area contributed by atoms with Gasteiger partial charge in [-0.05, 0) is 54.2 Å². The second-order valence-corrected chi connectivity index (χ2v) is 8.60. The molecule has 0 aliphatic carbocycles. The molecular weight excluding hydrogens is 447 g/mol. The van der Waals surface area contributed by atoms with E-state index in [0.717, 1.165) is 31.6 Å². The highest BCUT2D eigenvalue weighted by atomic mass is 19.1. The highest BCUT2D eigenvalue weighted by molar-refractivity contribution is 5.96. The number of amides is 2. The molecule has 2 amide bonds. The van der Waals surface area contributed by atoms with E-state index in [1.165, 1.54) is 17.7 Å². The maximum atomic E-state index is 13.5. The molecule has 1 fully saturated rings. The Morgan fingerprint density at radius 3 is 2.49 bits per heavy atom. The molecule has 0 unspecified atom stereocenters. The van der Waals surface area contributed by atoms with Crippen LogP contribution >= 0.6 is 0 Å². The van der Waals surface area contributed by atoms with Crippen molar-refractivity contribution in [3.63, 3.8) is 0 Å². The first-order valence-corrected chi connectivity index (χ1v) is 11.7. The monoisotopic (exact) mass is 476 g/mol. The number of nitrogens with one attached hydrogen (secondary N) is 2. The smallest absolute Gasteiger partial charge is 0.271 e. The number of piperidine rings is 1. The summed E-state index contributed by atoms with van der Waals surface area (Å²) in [7, 11) is 0. The van der Waals surface area contributed by atoms with Crippen molar-refractivity contribution in [2.75, 3.05) is 23.7 Å². The maximum Gasteiger partial charge on any atom is 0.271 e. The first-order valence-electron chi connectivity index (χ1n) is 11.7. The Hall–Kier alpha value is -4.01. The molecule has 0 saturated carbocycles. The Morgan fingerprint density at radius 2 is 1.83 bits per heavy atom. The standard InChI is InChI=1S/C26H29FN6O2/c1-2-24(34)33-12-10-19(11-13-33)18-6-8-21(9-7-18)30-23-15-22(25(26(28)35)32-31-23)29-16-17-4-3-5-20(27)14-17/h3-9,14-15,19H,2,10-13,16H2,1H3,(H2,28,35)(H2,29,30,31). The van der Waals surface area contributed by atoms with Crippen molar-refractivity contribution in [1.82, 2.24) is 15.1 Å². The molecule has 1 saturated heterocycles. The van der Waals surface area contributed by atoms with Gasteiger partial charge >= 0.3 is 0 Å². The molecule has 3 aromatic rings. The van der Waals surface area contributed by atoms with Gasteiger partial charge in [-0.1, -0.05) is 31.2 Å². The van der Waals surface area contributed by atoms with Crippen molar-refractivity contribution in [2.45, 2.75) is 38.6 Å². The van der Waals surface area contributed by atoms with Crippen LogP contribution in [0.1, 0.15) is 53.7 Å². The normalized spacial score (nSPS) is 13.9. The topological polar surface area (TPSA) is 113 Å². The number of halogens is 1. The van der Waals surface area contributed by atoms with Crippen LogP contribution in [0.4, 0.5) is 21.6 Å². The number of likely N-dealkylation sites (tertiary alicyclic amines) is 1. The molecule has 8 nitrogen and oxygen atoms in total.